The van der Waals surface area contributed by atoms with Crippen molar-refractivity contribution >= 4 is 27.3 Å². The van der Waals surface area contributed by atoms with Gasteiger partial charge >= 0.3 is 6.18 Å². The zero-order chi connectivity index (χ0) is 23.5. The molecule has 0 aliphatic carbocycles. The first-order valence-electron chi connectivity index (χ1n) is 9.27. The summed E-state index contributed by atoms with van der Waals surface area (Å²) >= 11 is 0. The largest absolute Gasteiger partial charge is 0.497 e. The van der Waals surface area contributed by atoms with Gasteiger partial charge in [0.25, 0.3) is 15.9 Å². The van der Waals surface area contributed by atoms with Crippen LogP contribution in [0.2, 0.25) is 0 Å². The summed E-state index contributed by atoms with van der Waals surface area (Å²) in [6.07, 6.45) is -4.64. The summed E-state index contributed by atoms with van der Waals surface area (Å²) in [6.45, 7) is 1.17. The van der Waals surface area contributed by atoms with E-state index in [1.807, 2.05) is 0 Å². The number of anilines is 2. The molecule has 0 aliphatic rings. The van der Waals surface area contributed by atoms with Gasteiger partial charge in [-0.15, -0.1) is 0 Å². The van der Waals surface area contributed by atoms with Gasteiger partial charge in [-0.05, 0) is 61.0 Å². The van der Waals surface area contributed by atoms with E-state index in [9.17, 15) is 26.4 Å². The highest BCUT2D eigenvalue weighted by Gasteiger charge is 2.33. The van der Waals surface area contributed by atoms with Crippen LogP contribution in [0.5, 0.6) is 5.75 Å². The number of benzene rings is 3. The predicted molar refractivity (Wildman–Crippen MR) is 114 cm³/mol. The van der Waals surface area contributed by atoms with Crippen molar-refractivity contribution in [2.75, 3.05) is 17.1 Å². The Bertz CT molecular complexity index is 1240. The minimum Gasteiger partial charge on any atom is -0.497 e. The van der Waals surface area contributed by atoms with Crippen molar-refractivity contribution in [1.29, 1.82) is 0 Å². The second kappa shape index (κ2) is 8.91. The summed E-state index contributed by atoms with van der Waals surface area (Å²) in [6, 6.07) is 15.0. The van der Waals surface area contributed by atoms with Crippen molar-refractivity contribution in [3.8, 4) is 5.75 Å². The van der Waals surface area contributed by atoms with E-state index in [4.69, 9.17) is 4.74 Å². The van der Waals surface area contributed by atoms with Crippen molar-refractivity contribution < 1.29 is 31.1 Å². The third-order valence-corrected chi connectivity index (χ3v) is 6.08. The Morgan fingerprint density at radius 3 is 2.22 bits per heavy atom. The zero-order valence-electron chi connectivity index (χ0n) is 17.0. The van der Waals surface area contributed by atoms with Gasteiger partial charge in [-0.2, -0.15) is 13.2 Å². The van der Waals surface area contributed by atoms with Gasteiger partial charge in [-0.25, -0.2) is 8.42 Å². The van der Waals surface area contributed by atoms with Crippen LogP contribution in [0.25, 0.3) is 0 Å². The molecule has 0 saturated heterocycles. The number of ether oxygens (including phenoxy) is 1. The minimum absolute atomic E-state index is 0.166. The Labute approximate surface area is 183 Å². The smallest absolute Gasteiger partial charge is 0.416 e. The molecular formula is C22H19F3N2O4S. The molecule has 3 aromatic rings. The van der Waals surface area contributed by atoms with Crippen LogP contribution in [0.15, 0.2) is 71.6 Å². The lowest BCUT2D eigenvalue weighted by molar-refractivity contribution is -0.138. The Morgan fingerprint density at radius 2 is 1.59 bits per heavy atom. The molecule has 168 valence electrons. The van der Waals surface area contributed by atoms with Crippen LogP contribution in [0.1, 0.15) is 21.5 Å². The molecule has 32 heavy (non-hydrogen) atoms. The highest BCUT2D eigenvalue weighted by Crippen LogP contribution is 2.35. The molecule has 6 nitrogen and oxygen atoms in total. The van der Waals surface area contributed by atoms with E-state index in [-0.39, 0.29) is 21.7 Å². The molecule has 0 spiro atoms. The molecule has 0 atom stereocenters. The average molecular weight is 464 g/mol. The maximum Gasteiger partial charge on any atom is 0.416 e. The molecule has 0 bridgehead atoms. The Hall–Kier alpha value is -3.53. The topological polar surface area (TPSA) is 84.5 Å². The monoisotopic (exact) mass is 464 g/mol. The summed E-state index contributed by atoms with van der Waals surface area (Å²) in [4.78, 5) is 12.4. The van der Waals surface area contributed by atoms with E-state index in [2.05, 4.69) is 10.0 Å². The van der Waals surface area contributed by atoms with E-state index < -0.39 is 27.7 Å². The summed E-state index contributed by atoms with van der Waals surface area (Å²) in [5, 5.41) is 2.59. The summed E-state index contributed by atoms with van der Waals surface area (Å²) in [7, 11) is -2.88. The molecule has 0 unspecified atom stereocenters. The lowest BCUT2D eigenvalue weighted by Gasteiger charge is -2.17. The van der Waals surface area contributed by atoms with Crippen LogP contribution in [0.3, 0.4) is 0 Å². The number of rotatable bonds is 6. The van der Waals surface area contributed by atoms with Crippen molar-refractivity contribution in [3.05, 3.63) is 83.4 Å². The minimum atomic E-state index is -4.64. The number of hydrogen-bond acceptors (Lipinski definition) is 4. The van der Waals surface area contributed by atoms with Gasteiger partial charge in [0.05, 0.1) is 23.9 Å². The van der Waals surface area contributed by atoms with Crippen molar-refractivity contribution in [1.82, 2.24) is 0 Å². The molecule has 0 saturated carbocycles. The molecule has 0 aromatic heterocycles. The Balaban J connectivity index is 1.92. The fourth-order valence-electron chi connectivity index (χ4n) is 3.01. The Kier molecular flexibility index (Phi) is 6.45. The maximum absolute atomic E-state index is 13.2. The molecule has 10 heteroatoms. The number of hydrogen-bond donors (Lipinski definition) is 2. The maximum atomic E-state index is 13.2. The number of sulfonamides is 1. The van der Waals surface area contributed by atoms with Gasteiger partial charge in [0.15, 0.2) is 0 Å². The second-order valence-electron chi connectivity index (χ2n) is 6.76. The number of methoxy groups -OCH3 is 1. The van der Waals surface area contributed by atoms with Crippen LogP contribution in [-0.2, 0) is 16.2 Å². The third-order valence-electron chi connectivity index (χ3n) is 4.65. The number of alkyl halides is 3. The van der Waals surface area contributed by atoms with Crippen LogP contribution >= 0.6 is 0 Å². The van der Waals surface area contributed by atoms with Gasteiger partial charge < -0.3 is 10.1 Å². The van der Waals surface area contributed by atoms with Gasteiger partial charge in [0.2, 0.25) is 0 Å². The number of halogens is 3. The van der Waals surface area contributed by atoms with Crippen molar-refractivity contribution in [3.63, 3.8) is 0 Å². The highest BCUT2D eigenvalue weighted by molar-refractivity contribution is 7.92. The van der Waals surface area contributed by atoms with Gasteiger partial charge in [-0.3, -0.25) is 9.52 Å². The first kappa shape index (κ1) is 23.1. The van der Waals surface area contributed by atoms with E-state index >= 15 is 0 Å². The number of amides is 1. The summed E-state index contributed by atoms with van der Waals surface area (Å²) < 4.78 is 72.7. The molecule has 3 aromatic carbocycles. The van der Waals surface area contributed by atoms with Gasteiger partial charge in [-0.1, -0.05) is 18.2 Å². The lowest BCUT2D eigenvalue weighted by Crippen LogP contribution is -2.21. The lowest BCUT2D eigenvalue weighted by atomic mass is 10.1. The highest BCUT2D eigenvalue weighted by atomic mass is 32.2. The average Bonchev–Trinajstić information content (AvgIpc) is 2.75. The summed E-state index contributed by atoms with van der Waals surface area (Å²) in [5.74, 6) is -0.122. The molecule has 1 amide bonds. The standard InChI is InChI=1S/C22H19F3N2O4S/c1-14-18(22(23,24)25)7-5-8-19(14)27-32(29,30)20-9-4-3-6-17(20)21(28)26-15-10-12-16(31-2)13-11-15/h3-13,27H,1-2H3,(H,26,28). The number of carbonyl (C=O) groups excluding carboxylic acids is 1. The molecule has 3 rings (SSSR count). The fourth-order valence-corrected chi connectivity index (χ4v) is 4.34. The van der Waals surface area contributed by atoms with Crippen LogP contribution in [0.4, 0.5) is 24.5 Å². The first-order valence-corrected chi connectivity index (χ1v) is 10.8. The zero-order valence-corrected chi connectivity index (χ0v) is 17.8. The molecule has 0 aliphatic heterocycles. The number of carbonyl (C=O) groups is 1. The number of nitrogens with one attached hydrogen (secondary N) is 2. The second-order valence-corrected chi connectivity index (χ2v) is 8.41. The molecule has 0 heterocycles. The van der Waals surface area contributed by atoms with E-state index in [1.165, 1.54) is 44.4 Å². The quantitative estimate of drug-likeness (QED) is 0.533. The third kappa shape index (κ3) is 5.02. The summed E-state index contributed by atoms with van der Waals surface area (Å²) in [5.41, 5.74) is -1.22. The Morgan fingerprint density at radius 1 is 0.938 bits per heavy atom. The van der Waals surface area contributed by atoms with Crippen molar-refractivity contribution in [2.24, 2.45) is 0 Å². The van der Waals surface area contributed by atoms with Gasteiger partial charge in [0.1, 0.15) is 10.6 Å². The van der Waals surface area contributed by atoms with Gasteiger partial charge in [0, 0.05) is 5.69 Å². The van der Waals surface area contributed by atoms with E-state index in [1.54, 1.807) is 24.3 Å². The van der Waals surface area contributed by atoms with E-state index in [0.29, 0.717) is 11.4 Å². The van der Waals surface area contributed by atoms with Crippen LogP contribution in [-0.4, -0.2) is 21.4 Å². The SMILES string of the molecule is COc1ccc(NC(=O)c2ccccc2S(=O)(=O)Nc2cccc(C(F)(F)F)c2C)cc1. The van der Waals surface area contributed by atoms with Crippen LogP contribution < -0.4 is 14.8 Å². The molecule has 2 N–H and O–H groups in total. The first-order chi connectivity index (χ1) is 15.0. The van der Waals surface area contributed by atoms with Crippen molar-refractivity contribution in [2.45, 2.75) is 18.0 Å². The normalized spacial score (nSPS) is 11.7. The fraction of sp³-hybridized carbons (Fsp3) is 0.136. The van der Waals surface area contributed by atoms with E-state index in [0.717, 1.165) is 12.1 Å². The molecular weight excluding hydrogens is 445 g/mol. The van der Waals surface area contributed by atoms with Crippen LogP contribution in [0, 0.1) is 6.92 Å². The molecule has 0 radical (unpaired) electrons. The predicted octanol–water partition coefficient (Wildman–Crippen LogP) is 5.08. The molecule has 0 fully saturated rings.